The van der Waals surface area contributed by atoms with Gasteiger partial charge >= 0.3 is 0 Å². The molecular weight excluding hydrogens is 306 g/mol. The molecule has 6 heteroatoms. The number of hydrogen-bond donors (Lipinski definition) is 0. The lowest BCUT2D eigenvalue weighted by Crippen LogP contribution is -2.54. The van der Waals surface area contributed by atoms with Gasteiger partial charge in [0.2, 0.25) is 6.79 Å². The van der Waals surface area contributed by atoms with E-state index in [4.69, 9.17) is 9.47 Å². The largest absolute Gasteiger partial charge is 0.454 e. The van der Waals surface area contributed by atoms with Gasteiger partial charge in [0, 0.05) is 37.8 Å². The van der Waals surface area contributed by atoms with E-state index in [9.17, 15) is 4.79 Å². The van der Waals surface area contributed by atoms with Crippen LogP contribution >= 0.6 is 0 Å². The predicted molar refractivity (Wildman–Crippen MR) is 90.6 cm³/mol. The van der Waals surface area contributed by atoms with Gasteiger partial charge in [0.15, 0.2) is 11.5 Å². The zero-order valence-corrected chi connectivity index (χ0v) is 14.2. The summed E-state index contributed by atoms with van der Waals surface area (Å²) in [6, 6.07) is 6.14. The molecule has 0 saturated carbocycles. The molecule has 0 N–H and O–H groups in total. The first-order valence-corrected chi connectivity index (χ1v) is 8.82. The topological polar surface area (TPSA) is 45.2 Å². The number of benzene rings is 1. The van der Waals surface area contributed by atoms with Gasteiger partial charge in [0.1, 0.15) is 0 Å². The number of amides is 1. The number of carbonyl (C=O) groups excluding carboxylic acids is 1. The molecule has 4 rings (SSSR count). The van der Waals surface area contributed by atoms with E-state index in [1.54, 1.807) is 6.07 Å². The van der Waals surface area contributed by atoms with E-state index in [-0.39, 0.29) is 12.7 Å². The van der Waals surface area contributed by atoms with Crippen molar-refractivity contribution in [1.29, 1.82) is 0 Å². The van der Waals surface area contributed by atoms with Crippen molar-refractivity contribution in [3.05, 3.63) is 23.8 Å². The summed E-state index contributed by atoms with van der Waals surface area (Å²) in [7, 11) is 2.19. The predicted octanol–water partition coefficient (Wildman–Crippen LogP) is 1.27. The number of nitrogens with zero attached hydrogens (tertiary/aromatic N) is 3. The Morgan fingerprint density at radius 1 is 1.00 bits per heavy atom. The molecule has 1 aromatic rings. The Balaban J connectivity index is 1.34. The lowest BCUT2D eigenvalue weighted by atomic mass is 10.0. The smallest absolute Gasteiger partial charge is 0.254 e. The van der Waals surface area contributed by atoms with Crippen LogP contribution < -0.4 is 9.47 Å². The molecule has 0 aromatic heterocycles. The minimum atomic E-state index is 0.0938. The molecule has 130 valence electrons. The highest BCUT2D eigenvalue weighted by atomic mass is 16.7. The summed E-state index contributed by atoms with van der Waals surface area (Å²) in [5.74, 6) is 1.49. The second-order valence-electron chi connectivity index (χ2n) is 6.93. The van der Waals surface area contributed by atoms with Gasteiger partial charge in [-0.2, -0.15) is 0 Å². The summed E-state index contributed by atoms with van der Waals surface area (Å²) in [6.07, 6.45) is 2.49. The number of likely N-dealkylation sites (tertiary alicyclic amines) is 1. The molecule has 2 fully saturated rings. The molecule has 3 aliphatic rings. The molecule has 0 radical (unpaired) electrons. The second-order valence-corrected chi connectivity index (χ2v) is 6.93. The molecule has 1 amide bonds. The van der Waals surface area contributed by atoms with Crippen LogP contribution in [0.15, 0.2) is 18.2 Å². The third-order valence-electron chi connectivity index (χ3n) is 5.43. The van der Waals surface area contributed by atoms with Crippen molar-refractivity contribution in [2.24, 2.45) is 0 Å². The van der Waals surface area contributed by atoms with E-state index in [2.05, 4.69) is 16.8 Å². The van der Waals surface area contributed by atoms with Crippen LogP contribution in [0.3, 0.4) is 0 Å². The van der Waals surface area contributed by atoms with E-state index in [0.29, 0.717) is 17.4 Å². The average molecular weight is 331 g/mol. The van der Waals surface area contributed by atoms with Crippen LogP contribution in [0.1, 0.15) is 23.2 Å². The van der Waals surface area contributed by atoms with Crippen LogP contribution in [0.4, 0.5) is 0 Å². The zero-order chi connectivity index (χ0) is 16.5. The third-order valence-corrected chi connectivity index (χ3v) is 5.43. The molecule has 3 aliphatic heterocycles. The maximum absolute atomic E-state index is 12.7. The van der Waals surface area contributed by atoms with E-state index in [1.807, 2.05) is 17.0 Å². The van der Waals surface area contributed by atoms with Crippen molar-refractivity contribution in [1.82, 2.24) is 14.7 Å². The standard InChI is InChI=1S/C18H25N3O3/c1-19-6-4-15(5-7-19)20-8-10-21(11-9-20)18(22)14-2-3-16-17(12-14)24-13-23-16/h2-3,12,15H,4-11,13H2,1H3. The number of fused-ring (bicyclic) bond motifs is 1. The summed E-state index contributed by atoms with van der Waals surface area (Å²) in [5.41, 5.74) is 0.687. The number of rotatable bonds is 2. The van der Waals surface area contributed by atoms with Crippen LogP contribution in [0.25, 0.3) is 0 Å². The van der Waals surface area contributed by atoms with Gasteiger partial charge in [-0.15, -0.1) is 0 Å². The first-order chi connectivity index (χ1) is 11.7. The van der Waals surface area contributed by atoms with Crippen LogP contribution in [-0.4, -0.2) is 79.8 Å². The molecule has 0 bridgehead atoms. The average Bonchev–Trinajstić information content (AvgIpc) is 3.09. The highest BCUT2D eigenvalue weighted by molar-refractivity contribution is 5.95. The maximum Gasteiger partial charge on any atom is 0.254 e. The van der Waals surface area contributed by atoms with Crippen LogP contribution in [0, 0.1) is 0 Å². The van der Waals surface area contributed by atoms with Crippen molar-refractivity contribution < 1.29 is 14.3 Å². The maximum atomic E-state index is 12.7. The van der Waals surface area contributed by atoms with Crippen LogP contribution in [0.5, 0.6) is 11.5 Å². The highest BCUT2D eigenvalue weighted by Gasteiger charge is 2.29. The highest BCUT2D eigenvalue weighted by Crippen LogP contribution is 2.33. The van der Waals surface area contributed by atoms with Crippen molar-refractivity contribution in [2.75, 3.05) is 53.1 Å². The van der Waals surface area contributed by atoms with E-state index < -0.39 is 0 Å². The van der Waals surface area contributed by atoms with Crippen molar-refractivity contribution >= 4 is 5.91 Å². The van der Waals surface area contributed by atoms with Crippen molar-refractivity contribution in [3.8, 4) is 11.5 Å². The van der Waals surface area contributed by atoms with Gasteiger partial charge in [0.05, 0.1) is 0 Å². The fourth-order valence-corrected chi connectivity index (χ4v) is 3.86. The lowest BCUT2D eigenvalue weighted by Gasteiger charge is -2.42. The van der Waals surface area contributed by atoms with Crippen molar-refractivity contribution in [2.45, 2.75) is 18.9 Å². The first-order valence-electron chi connectivity index (χ1n) is 8.82. The van der Waals surface area contributed by atoms with E-state index in [1.165, 1.54) is 25.9 Å². The number of hydrogen-bond acceptors (Lipinski definition) is 5. The molecule has 3 heterocycles. The Kier molecular flexibility index (Phi) is 4.33. The fraction of sp³-hybridized carbons (Fsp3) is 0.611. The number of carbonyl (C=O) groups is 1. The lowest BCUT2D eigenvalue weighted by molar-refractivity contribution is 0.0475. The molecular formula is C18H25N3O3. The quantitative estimate of drug-likeness (QED) is 0.817. The Morgan fingerprint density at radius 2 is 1.71 bits per heavy atom. The SMILES string of the molecule is CN1CCC(N2CCN(C(=O)c3ccc4c(c3)OCO4)CC2)CC1. The Labute approximate surface area is 142 Å². The van der Waals surface area contributed by atoms with Crippen molar-refractivity contribution in [3.63, 3.8) is 0 Å². The molecule has 0 unspecified atom stereocenters. The number of piperazine rings is 1. The molecule has 2 saturated heterocycles. The van der Waals surface area contributed by atoms with Crippen LogP contribution in [0.2, 0.25) is 0 Å². The summed E-state index contributed by atoms with van der Waals surface area (Å²) in [5, 5.41) is 0. The Hall–Kier alpha value is -1.79. The first kappa shape index (κ1) is 15.7. The normalized spacial score (nSPS) is 22.8. The minimum absolute atomic E-state index is 0.0938. The number of ether oxygens (including phenoxy) is 2. The monoisotopic (exact) mass is 331 g/mol. The number of piperidine rings is 1. The van der Waals surface area contributed by atoms with Crippen LogP contribution in [-0.2, 0) is 0 Å². The minimum Gasteiger partial charge on any atom is -0.454 e. The molecule has 24 heavy (non-hydrogen) atoms. The molecule has 0 aliphatic carbocycles. The second kappa shape index (κ2) is 6.61. The fourth-order valence-electron chi connectivity index (χ4n) is 3.86. The van der Waals surface area contributed by atoms with Gasteiger partial charge < -0.3 is 19.3 Å². The summed E-state index contributed by atoms with van der Waals surface area (Å²) >= 11 is 0. The Morgan fingerprint density at radius 3 is 2.46 bits per heavy atom. The van der Waals surface area contributed by atoms with Gasteiger partial charge in [0.25, 0.3) is 5.91 Å². The summed E-state index contributed by atoms with van der Waals surface area (Å²) in [6.45, 7) is 6.17. The van der Waals surface area contributed by atoms with Gasteiger partial charge in [-0.1, -0.05) is 0 Å². The zero-order valence-electron chi connectivity index (χ0n) is 14.2. The van der Waals surface area contributed by atoms with Gasteiger partial charge in [-0.25, -0.2) is 0 Å². The Bertz CT molecular complexity index is 606. The third kappa shape index (κ3) is 3.08. The van der Waals surface area contributed by atoms with E-state index in [0.717, 1.165) is 31.9 Å². The molecule has 0 spiro atoms. The van der Waals surface area contributed by atoms with E-state index >= 15 is 0 Å². The summed E-state index contributed by atoms with van der Waals surface area (Å²) < 4.78 is 10.7. The summed E-state index contributed by atoms with van der Waals surface area (Å²) in [4.78, 5) is 19.7. The molecule has 0 atom stereocenters. The van der Waals surface area contributed by atoms with Gasteiger partial charge in [-0.05, 0) is 51.2 Å². The molecule has 1 aromatic carbocycles. The van der Waals surface area contributed by atoms with Gasteiger partial charge in [-0.3, -0.25) is 9.69 Å². The molecule has 6 nitrogen and oxygen atoms in total.